The molecule has 1 aliphatic heterocycles. The molecule has 1 N–H and O–H groups in total. The van der Waals surface area contributed by atoms with E-state index in [1.807, 2.05) is 42.0 Å². The summed E-state index contributed by atoms with van der Waals surface area (Å²) in [6, 6.07) is 6.12. The number of aryl methyl sites for hydroxylation is 1. The van der Waals surface area contributed by atoms with Crippen LogP contribution in [0.1, 0.15) is 5.56 Å². The first-order valence-electron chi connectivity index (χ1n) is 6.10. The predicted octanol–water partition coefficient (Wildman–Crippen LogP) is 2.22. The van der Waals surface area contributed by atoms with Gasteiger partial charge in [-0.25, -0.2) is 4.79 Å². The molecule has 2 amide bonds. The molecule has 0 aromatic heterocycles. The van der Waals surface area contributed by atoms with E-state index in [0.29, 0.717) is 0 Å². The summed E-state index contributed by atoms with van der Waals surface area (Å²) in [5.41, 5.74) is 2.13. The molecule has 1 fully saturated rings. The normalized spacial score (nSPS) is 15.6. The number of benzene rings is 1. The molecule has 0 bridgehead atoms. The Morgan fingerprint density at radius 2 is 2.17 bits per heavy atom. The van der Waals surface area contributed by atoms with Crippen molar-refractivity contribution in [3.63, 3.8) is 0 Å². The second-order valence-corrected chi connectivity index (χ2v) is 5.37. The number of likely N-dealkylation sites (N-methyl/N-ethyl adjacent to an activating group) is 1. The SMILES string of the molecule is CNCCN1CCN(c2ccc(Br)cc2C)C1=O. The highest BCUT2D eigenvalue weighted by Crippen LogP contribution is 2.26. The van der Waals surface area contributed by atoms with Gasteiger partial charge in [-0.2, -0.15) is 0 Å². The van der Waals surface area contributed by atoms with Gasteiger partial charge in [-0.05, 0) is 37.7 Å². The Kier molecular flexibility index (Phi) is 4.24. The topological polar surface area (TPSA) is 35.6 Å². The second-order valence-electron chi connectivity index (χ2n) is 4.46. The van der Waals surface area contributed by atoms with Gasteiger partial charge in [-0.3, -0.25) is 4.90 Å². The molecule has 0 spiro atoms. The van der Waals surface area contributed by atoms with Gasteiger partial charge in [-0.1, -0.05) is 15.9 Å². The Hall–Kier alpha value is -1.07. The minimum atomic E-state index is 0.107. The fraction of sp³-hybridized carbons (Fsp3) is 0.462. The highest BCUT2D eigenvalue weighted by atomic mass is 79.9. The summed E-state index contributed by atoms with van der Waals surface area (Å²) >= 11 is 3.44. The van der Waals surface area contributed by atoms with Crippen LogP contribution in [0.3, 0.4) is 0 Å². The molecule has 5 heteroatoms. The first-order valence-corrected chi connectivity index (χ1v) is 6.90. The van der Waals surface area contributed by atoms with Gasteiger partial charge in [0.05, 0.1) is 0 Å². The Balaban J connectivity index is 2.13. The molecule has 0 aliphatic carbocycles. The van der Waals surface area contributed by atoms with Crippen LogP contribution < -0.4 is 10.2 Å². The number of nitrogens with one attached hydrogen (secondary N) is 1. The maximum Gasteiger partial charge on any atom is 0.324 e. The minimum Gasteiger partial charge on any atom is -0.321 e. The number of urea groups is 1. The van der Waals surface area contributed by atoms with Crippen molar-refractivity contribution in [2.45, 2.75) is 6.92 Å². The van der Waals surface area contributed by atoms with Gasteiger partial charge in [0.2, 0.25) is 0 Å². The van der Waals surface area contributed by atoms with Crippen LogP contribution in [0.15, 0.2) is 22.7 Å². The molecule has 0 unspecified atom stereocenters. The van der Waals surface area contributed by atoms with Crippen molar-refractivity contribution >= 4 is 27.6 Å². The number of amides is 2. The quantitative estimate of drug-likeness (QED) is 0.925. The molecule has 1 heterocycles. The number of hydrogen-bond donors (Lipinski definition) is 1. The molecule has 0 saturated carbocycles. The summed E-state index contributed by atoms with van der Waals surface area (Å²) < 4.78 is 1.04. The molecule has 1 saturated heterocycles. The lowest BCUT2D eigenvalue weighted by atomic mass is 10.2. The zero-order valence-corrected chi connectivity index (χ0v) is 12.3. The largest absolute Gasteiger partial charge is 0.324 e. The third kappa shape index (κ3) is 2.67. The van der Waals surface area contributed by atoms with Gasteiger partial charge in [0.25, 0.3) is 0 Å². The number of carbonyl (C=O) groups is 1. The Bertz CT molecular complexity index is 450. The molecule has 1 aliphatic rings. The summed E-state index contributed by atoms with van der Waals surface area (Å²) in [5.74, 6) is 0. The van der Waals surface area contributed by atoms with Crippen LogP contribution in [0, 0.1) is 6.92 Å². The zero-order valence-electron chi connectivity index (χ0n) is 10.7. The van der Waals surface area contributed by atoms with E-state index in [1.54, 1.807) is 0 Å². The highest BCUT2D eigenvalue weighted by Gasteiger charge is 2.29. The first kappa shape index (κ1) is 13.4. The van der Waals surface area contributed by atoms with Crippen molar-refractivity contribution in [2.24, 2.45) is 0 Å². The van der Waals surface area contributed by atoms with E-state index in [9.17, 15) is 4.79 Å². The number of halogens is 1. The number of nitrogens with zero attached hydrogens (tertiary/aromatic N) is 2. The van der Waals surface area contributed by atoms with E-state index in [4.69, 9.17) is 0 Å². The lowest BCUT2D eigenvalue weighted by molar-refractivity contribution is 0.221. The van der Waals surface area contributed by atoms with E-state index in [0.717, 1.165) is 41.9 Å². The lowest BCUT2D eigenvalue weighted by Crippen LogP contribution is -2.35. The summed E-state index contributed by atoms with van der Waals surface area (Å²) in [7, 11) is 1.90. The van der Waals surface area contributed by atoms with Gasteiger partial charge < -0.3 is 10.2 Å². The fourth-order valence-corrected chi connectivity index (χ4v) is 2.66. The van der Waals surface area contributed by atoms with Crippen LogP contribution in [0.2, 0.25) is 0 Å². The number of hydrogen-bond acceptors (Lipinski definition) is 2. The second kappa shape index (κ2) is 5.71. The molecule has 0 radical (unpaired) electrons. The highest BCUT2D eigenvalue weighted by molar-refractivity contribution is 9.10. The molecule has 98 valence electrons. The van der Waals surface area contributed by atoms with Crippen LogP contribution in [-0.4, -0.2) is 44.2 Å². The monoisotopic (exact) mass is 311 g/mol. The Morgan fingerprint density at radius 3 is 2.83 bits per heavy atom. The zero-order chi connectivity index (χ0) is 13.1. The average Bonchev–Trinajstić information content (AvgIpc) is 2.68. The number of anilines is 1. The average molecular weight is 312 g/mol. The smallest absolute Gasteiger partial charge is 0.321 e. The summed E-state index contributed by atoms with van der Waals surface area (Å²) in [4.78, 5) is 16.0. The van der Waals surface area contributed by atoms with Crippen LogP contribution in [-0.2, 0) is 0 Å². The van der Waals surface area contributed by atoms with Crippen LogP contribution in [0.4, 0.5) is 10.5 Å². The molecule has 0 atom stereocenters. The first-order chi connectivity index (χ1) is 8.63. The summed E-state index contributed by atoms with van der Waals surface area (Å²) in [6.45, 7) is 5.20. The standard InChI is InChI=1S/C13H18BrN3O/c1-10-9-11(14)3-4-12(10)17-8-7-16(13(17)18)6-5-15-2/h3-4,9,15H,5-8H2,1-2H3. The minimum absolute atomic E-state index is 0.107. The van der Waals surface area contributed by atoms with Crippen LogP contribution in [0.25, 0.3) is 0 Å². The Labute approximate surface area is 116 Å². The lowest BCUT2D eigenvalue weighted by Gasteiger charge is -2.20. The maximum atomic E-state index is 12.3. The molecular weight excluding hydrogens is 294 g/mol. The fourth-order valence-electron chi connectivity index (χ4n) is 2.18. The van der Waals surface area contributed by atoms with Crippen molar-refractivity contribution in [3.8, 4) is 0 Å². The van der Waals surface area contributed by atoms with Gasteiger partial charge in [0, 0.05) is 36.3 Å². The van der Waals surface area contributed by atoms with Crippen molar-refractivity contribution < 1.29 is 4.79 Å². The van der Waals surface area contributed by atoms with E-state index in [1.165, 1.54) is 0 Å². The van der Waals surface area contributed by atoms with Crippen molar-refractivity contribution in [1.82, 2.24) is 10.2 Å². The van der Waals surface area contributed by atoms with Crippen molar-refractivity contribution in [2.75, 3.05) is 38.1 Å². The molecule has 1 aromatic carbocycles. The van der Waals surface area contributed by atoms with E-state index < -0.39 is 0 Å². The third-order valence-electron chi connectivity index (χ3n) is 3.18. The van der Waals surface area contributed by atoms with Crippen LogP contribution in [0.5, 0.6) is 0 Å². The van der Waals surface area contributed by atoms with Crippen molar-refractivity contribution in [1.29, 1.82) is 0 Å². The Morgan fingerprint density at radius 1 is 1.39 bits per heavy atom. The van der Waals surface area contributed by atoms with E-state index >= 15 is 0 Å². The van der Waals surface area contributed by atoms with Crippen LogP contribution >= 0.6 is 15.9 Å². The van der Waals surface area contributed by atoms with E-state index in [-0.39, 0.29) is 6.03 Å². The molecule has 1 aromatic rings. The third-order valence-corrected chi connectivity index (χ3v) is 3.67. The molecule has 18 heavy (non-hydrogen) atoms. The molecule has 4 nitrogen and oxygen atoms in total. The predicted molar refractivity (Wildman–Crippen MR) is 77.1 cm³/mol. The number of rotatable bonds is 4. The molecular formula is C13H18BrN3O. The number of carbonyl (C=O) groups excluding carboxylic acids is 1. The van der Waals surface area contributed by atoms with E-state index in [2.05, 4.69) is 21.2 Å². The van der Waals surface area contributed by atoms with Gasteiger partial charge in [0.1, 0.15) is 0 Å². The van der Waals surface area contributed by atoms with Gasteiger partial charge in [-0.15, -0.1) is 0 Å². The molecule has 2 rings (SSSR count). The van der Waals surface area contributed by atoms with Crippen molar-refractivity contribution in [3.05, 3.63) is 28.2 Å². The van der Waals surface area contributed by atoms with Gasteiger partial charge >= 0.3 is 6.03 Å². The van der Waals surface area contributed by atoms with Gasteiger partial charge in [0.15, 0.2) is 0 Å². The summed E-state index contributed by atoms with van der Waals surface area (Å²) in [6.07, 6.45) is 0. The maximum absolute atomic E-state index is 12.3. The summed E-state index contributed by atoms with van der Waals surface area (Å²) in [5, 5.41) is 3.07.